The Morgan fingerprint density at radius 3 is 2.75 bits per heavy atom. The van der Waals surface area contributed by atoms with Crippen LogP contribution in [0.4, 0.5) is 8.78 Å². The standard InChI is InChI=1S/C13H8B3F2N3O3/c14-13(15,16)12(22)19-7-4-23-8-3-5(1-2-6(7)8)10-20-11(9(17)18)24-21-10/h1-3,7,9H,4H2,(H,19,22)/t7-/m1/s1. The zero-order valence-electron chi connectivity index (χ0n) is 12.2. The van der Waals surface area contributed by atoms with Crippen LogP contribution in [0.5, 0.6) is 5.75 Å². The van der Waals surface area contributed by atoms with Crippen molar-refractivity contribution in [3.8, 4) is 17.1 Å². The Labute approximate surface area is 139 Å². The molecule has 0 unspecified atom stereocenters. The topological polar surface area (TPSA) is 77.2 Å². The Balaban J connectivity index is 1.81. The fraction of sp³-hybridized carbons (Fsp3) is 0.308. The lowest BCUT2D eigenvalue weighted by atomic mass is 9.42. The van der Waals surface area contributed by atoms with Crippen LogP contribution >= 0.6 is 0 Å². The van der Waals surface area contributed by atoms with E-state index in [0.29, 0.717) is 16.9 Å². The third-order valence-corrected chi connectivity index (χ3v) is 3.38. The molecule has 0 saturated heterocycles. The maximum absolute atomic E-state index is 12.5. The average molecular weight is 325 g/mol. The largest absolute Gasteiger partial charge is 0.491 e. The average Bonchev–Trinajstić information content (AvgIpc) is 3.13. The van der Waals surface area contributed by atoms with Crippen LogP contribution in [0.15, 0.2) is 22.7 Å². The van der Waals surface area contributed by atoms with Gasteiger partial charge in [0.25, 0.3) is 5.89 Å². The van der Waals surface area contributed by atoms with Crippen LogP contribution in [-0.4, -0.2) is 46.2 Å². The molecule has 1 aromatic carbocycles. The summed E-state index contributed by atoms with van der Waals surface area (Å²) in [5, 5.41) is 4.06. The maximum Gasteiger partial charge on any atom is 0.315 e. The van der Waals surface area contributed by atoms with Gasteiger partial charge >= 0.3 is 6.43 Å². The van der Waals surface area contributed by atoms with Gasteiger partial charge in [0.15, 0.2) is 0 Å². The van der Waals surface area contributed by atoms with Crippen LogP contribution in [0.3, 0.4) is 0 Å². The zero-order valence-corrected chi connectivity index (χ0v) is 12.2. The van der Waals surface area contributed by atoms with Gasteiger partial charge in [0.1, 0.15) is 12.4 Å². The van der Waals surface area contributed by atoms with Gasteiger partial charge in [-0.2, -0.15) is 13.8 Å². The second-order valence-electron chi connectivity index (χ2n) is 5.28. The van der Waals surface area contributed by atoms with Crippen molar-refractivity contribution in [2.75, 3.05) is 6.61 Å². The van der Waals surface area contributed by atoms with Gasteiger partial charge in [-0.3, -0.25) is 4.79 Å². The smallest absolute Gasteiger partial charge is 0.315 e. The highest BCUT2D eigenvalue weighted by molar-refractivity contribution is 6.68. The SMILES string of the molecule is [B]C([B])([B])C(=O)N[C@@H]1COc2cc(-c3noc(C(F)F)n3)ccc21. The molecule has 3 rings (SSSR count). The van der Waals surface area contributed by atoms with Crippen LogP contribution in [0.2, 0.25) is 5.11 Å². The first-order valence-electron chi connectivity index (χ1n) is 6.82. The van der Waals surface area contributed by atoms with E-state index in [-0.39, 0.29) is 12.4 Å². The summed E-state index contributed by atoms with van der Waals surface area (Å²) >= 11 is 0. The molecule has 1 atom stereocenters. The number of benzene rings is 1. The first-order chi connectivity index (χ1) is 11.3. The van der Waals surface area contributed by atoms with Crippen LogP contribution in [0.1, 0.15) is 23.9 Å². The third kappa shape index (κ3) is 3.15. The first-order valence-corrected chi connectivity index (χ1v) is 6.82. The van der Waals surface area contributed by atoms with Gasteiger partial charge in [-0.25, -0.2) is 0 Å². The summed E-state index contributed by atoms with van der Waals surface area (Å²) < 4.78 is 34.9. The number of nitrogens with one attached hydrogen (secondary N) is 1. The molecule has 1 amide bonds. The van der Waals surface area contributed by atoms with Crippen molar-refractivity contribution in [1.29, 1.82) is 0 Å². The lowest BCUT2D eigenvalue weighted by Gasteiger charge is -2.22. The van der Waals surface area contributed by atoms with Crippen LogP contribution < -0.4 is 10.1 Å². The minimum Gasteiger partial charge on any atom is -0.491 e. The molecule has 0 fully saturated rings. The van der Waals surface area contributed by atoms with E-state index in [0.717, 1.165) is 0 Å². The molecule has 6 nitrogen and oxygen atoms in total. The highest BCUT2D eigenvalue weighted by atomic mass is 19.3. The number of fused-ring (bicyclic) bond motifs is 1. The molecular weight excluding hydrogens is 317 g/mol. The number of nitrogens with zero attached hydrogens (tertiary/aromatic N) is 2. The van der Waals surface area contributed by atoms with Gasteiger partial charge < -0.3 is 14.6 Å². The molecule has 1 aromatic heterocycles. The molecule has 24 heavy (non-hydrogen) atoms. The second kappa shape index (κ2) is 5.96. The molecule has 11 heteroatoms. The van der Waals surface area contributed by atoms with Crippen molar-refractivity contribution < 1.29 is 22.8 Å². The lowest BCUT2D eigenvalue weighted by Crippen LogP contribution is -2.39. The predicted molar refractivity (Wildman–Crippen MR) is 81.0 cm³/mol. The van der Waals surface area contributed by atoms with Crippen molar-refractivity contribution in [2.45, 2.75) is 17.6 Å². The van der Waals surface area contributed by atoms with Gasteiger partial charge in [-0.1, -0.05) is 22.4 Å². The summed E-state index contributed by atoms with van der Waals surface area (Å²) in [4.78, 5) is 15.3. The number of halogens is 2. The zero-order chi connectivity index (χ0) is 17.5. The molecule has 2 aromatic rings. The number of amides is 1. The number of carbonyl (C=O) groups excluding carboxylic acids is 1. The van der Waals surface area contributed by atoms with E-state index in [1.165, 1.54) is 0 Å². The summed E-state index contributed by atoms with van der Waals surface area (Å²) in [6.45, 7) is 0.148. The molecule has 0 aliphatic carbocycles. The Morgan fingerprint density at radius 2 is 2.12 bits per heavy atom. The van der Waals surface area contributed by atoms with E-state index in [9.17, 15) is 13.6 Å². The molecule has 0 saturated carbocycles. The molecule has 1 aliphatic rings. The number of hydrogen-bond donors (Lipinski definition) is 1. The Bertz CT molecular complexity index is 779. The number of carbonyl (C=O) groups is 1. The molecule has 0 spiro atoms. The van der Waals surface area contributed by atoms with Crippen LogP contribution in [-0.2, 0) is 4.79 Å². The normalized spacial score (nSPS) is 16.7. The van der Waals surface area contributed by atoms with Gasteiger partial charge in [0.05, 0.1) is 29.6 Å². The van der Waals surface area contributed by atoms with Gasteiger partial charge in [-0.05, 0) is 6.07 Å². The predicted octanol–water partition coefficient (Wildman–Crippen LogP) is 0.803. The quantitative estimate of drug-likeness (QED) is 0.842. The van der Waals surface area contributed by atoms with E-state index in [1.54, 1.807) is 18.2 Å². The van der Waals surface area contributed by atoms with Crippen molar-refractivity contribution in [3.05, 3.63) is 29.7 Å². The van der Waals surface area contributed by atoms with E-state index in [2.05, 4.69) is 20.0 Å². The molecule has 116 valence electrons. The number of hydrogen-bond acceptors (Lipinski definition) is 5. The van der Waals surface area contributed by atoms with Crippen molar-refractivity contribution in [2.24, 2.45) is 0 Å². The Hall–Kier alpha value is -2.32. The minimum absolute atomic E-state index is 0.00840. The summed E-state index contributed by atoms with van der Waals surface area (Å²) in [5.74, 6) is -1.05. The number of ether oxygens (including phenoxy) is 1. The van der Waals surface area contributed by atoms with Crippen molar-refractivity contribution in [3.63, 3.8) is 0 Å². The van der Waals surface area contributed by atoms with Crippen LogP contribution in [0.25, 0.3) is 11.4 Å². The van der Waals surface area contributed by atoms with Gasteiger partial charge in [-0.15, -0.1) is 0 Å². The summed E-state index contributed by atoms with van der Waals surface area (Å²) in [5.41, 5.74) is 1.09. The first kappa shape index (κ1) is 16.5. The van der Waals surface area contributed by atoms with E-state index in [4.69, 9.17) is 28.3 Å². The fourth-order valence-electron chi connectivity index (χ4n) is 2.19. The van der Waals surface area contributed by atoms with Crippen molar-refractivity contribution in [1.82, 2.24) is 15.5 Å². The van der Waals surface area contributed by atoms with Gasteiger partial charge in [0.2, 0.25) is 11.7 Å². The molecular formula is C13H8B3F2N3O3. The van der Waals surface area contributed by atoms with Crippen LogP contribution in [0, 0.1) is 0 Å². The maximum atomic E-state index is 12.5. The summed E-state index contributed by atoms with van der Waals surface area (Å²) in [6, 6.07) is 4.31. The molecule has 1 N–H and O–H groups in total. The Morgan fingerprint density at radius 1 is 1.38 bits per heavy atom. The summed E-state index contributed by atoms with van der Waals surface area (Å²) in [6.07, 6.45) is -2.85. The second-order valence-corrected chi connectivity index (χ2v) is 5.28. The van der Waals surface area contributed by atoms with E-state index in [1.807, 2.05) is 0 Å². The van der Waals surface area contributed by atoms with Crippen molar-refractivity contribution >= 4 is 29.4 Å². The van der Waals surface area contributed by atoms with E-state index >= 15 is 0 Å². The monoisotopic (exact) mass is 325 g/mol. The van der Waals surface area contributed by atoms with Gasteiger partial charge in [0, 0.05) is 11.1 Å². The highest BCUT2D eigenvalue weighted by Gasteiger charge is 2.30. The number of aromatic nitrogens is 2. The fourth-order valence-corrected chi connectivity index (χ4v) is 2.19. The van der Waals surface area contributed by atoms with E-state index < -0.39 is 29.4 Å². The highest BCUT2D eigenvalue weighted by Crippen LogP contribution is 2.36. The third-order valence-electron chi connectivity index (χ3n) is 3.38. The number of alkyl halides is 2. The summed E-state index contributed by atoms with van der Waals surface area (Å²) in [7, 11) is 16.0. The molecule has 6 radical (unpaired) electrons. The lowest BCUT2D eigenvalue weighted by molar-refractivity contribution is -0.121. The molecule has 1 aliphatic heterocycles. The molecule has 2 heterocycles. The molecule has 0 bridgehead atoms. The minimum atomic E-state index is -2.85. The number of rotatable bonds is 4. The Kier molecular flexibility index (Phi) is 4.10.